The lowest BCUT2D eigenvalue weighted by atomic mass is 10.3. The number of para-hydroxylation sites is 2. The number of aromatic nitrogens is 3. The van der Waals surface area contributed by atoms with Gasteiger partial charge in [0.05, 0.1) is 18.9 Å². The minimum atomic E-state index is 0.490. The normalized spacial score (nSPS) is 10.0. The van der Waals surface area contributed by atoms with Gasteiger partial charge in [0, 0.05) is 12.2 Å². The molecule has 5 nitrogen and oxygen atoms in total. The molecule has 0 aliphatic heterocycles. The Balaban J connectivity index is 2.28. The number of rotatable bonds is 5. The third kappa shape index (κ3) is 2.63. The van der Waals surface area contributed by atoms with Crippen LogP contribution in [0.3, 0.4) is 0 Å². The van der Waals surface area contributed by atoms with E-state index in [1.54, 1.807) is 13.4 Å². The van der Waals surface area contributed by atoms with Crippen LogP contribution >= 0.6 is 11.8 Å². The highest BCUT2D eigenvalue weighted by Gasteiger charge is 2.10. The van der Waals surface area contributed by atoms with Gasteiger partial charge in [0.15, 0.2) is 5.16 Å². The van der Waals surface area contributed by atoms with Crippen molar-refractivity contribution in [2.75, 3.05) is 12.9 Å². The molecule has 0 fully saturated rings. The van der Waals surface area contributed by atoms with Gasteiger partial charge in [-0.15, -0.1) is 10.2 Å². The summed E-state index contributed by atoms with van der Waals surface area (Å²) in [5.74, 6) is 1.46. The lowest BCUT2D eigenvalue weighted by Gasteiger charge is -2.10. The highest BCUT2D eigenvalue weighted by Crippen LogP contribution is 2.26. The fraction of sp³-hybridized carbons (Fsp3) is 0.250. The SMILES string of the molecule is COc1ccccc1-n1cnnc1SCCC#N. The molecule has 0 amide bonds. The Bertz CT molecular complexity index is 561. The summed E-state index contributed by atoms with van der Waals surface area (Å²) in [5, 5.41) is 17.3. The van der Waals surface area contributed by atoms with E-state index in [1.165, 1.54) is 11.8 Å². The predicted octanol–water partition coefficient (Wildman–Crippen LogP) is 2.28. The molecule has 0 N–H and O–H groups in total. The second-order valence-electron chi connectivity index (χ2n) is 3.41. The van der Waals surface area contributed by atoms with Crippen LogP contribution < -0.4 is 4.74 Å². The number of nitriles is 1. The first-order valence-corrected chi connectivity index (χ1v) is 6.38. The third-order valence-corrected chi connectivity index (χ3v) is 3.25. The number of thioether (sulfide) groups is 1. The number of ether oxygens (including phenoxy) is 1. The molecular weight excluding hydrogens is 248 g/mol. The summed E-state index contributed by atoms with van der Waals surface area (Å²) in [4.78, 5) is 0. The molecule has 0 aliphatic rings. The van der Waals surface area contributed by atoms with Crippen molar-refractivity contribution in [2.24, 2.45) is 0 Å². The van der Waals surface area contributed by atoms with Crippen molar-refractivity contribution in [2.45, 2.75) is 11.6 Å². The number of hydrogen-bond acceptors (Lipinski definition) is 5. The molecule has 2 aromatic rings. The molecular formula is C12H12N4OS. The van der Waals surface area contributed by atoms with E-state index >= 15 is 0 Å². The Morgan fingerprint density at radius 1 is 1.44 bits per heavy atom. The zero-order chi connectivity index (χ0) is 12.8. The van der Waals surface area contributed by atoms with Crippen LogP contribution in [0, 0.1) is 11.3 Å². The van der Waals surface area contributed by atoms with Gasteiger partial charge in [0.2, 0.25) is 0 Å². The maximum Gasteiger partial charge on any atom is 0.195 e. The van der Waals surface area contributed by atoms with Crippen LogP contribution in [0.2, 0.25) is 0 Å². The van der Waals surface area contributed by atoms with Crippen molar-refractivity contribution in [3.63, 3.8) is 0 Å². The lowest BCUT2D eigenvalue weighted by Crippen LogP contribution is -1.98. The molecule has 92 valence electrons. The molecule has 6 heteroatoms. The van der Waals surface area contributed by atoms with Crippen LogP contribution in [0.5, 0.6) is 5.75 Å². The van der Waals surface area contributed by atoms with Gasteiger partial charge in [0.1, 0.15) is 12.1 Å². The van der Waals surface area contributed by atoms with Crippen molar-refractivity contribution in [1.29, 1.82) is 5.26 Å². The highest BCUT2D eigenvalue weighted by molar-refractivity contribution is 7.99. The topological polar surface area (TPSA) is 63.7 Å². The molecule has 1 aromatic heterocycles. The monoisotopic (exact) mass is 260 g/mol. The van der Waals surface area contributed by atoms with Crippen LogP contribution in [0.1, 0.15) is 6.42 Å². The van der Waals surface area contributed by atoms with Crippen LogP contribution in [-0.4, -0.2) is 27.6 Å². The Labute approximate surface area is 109 Å². The largest absolute Gasteiger partial charge is 0.495 e. The summed E-state index contributed by atoms with van der Waals surface area (Å²) >= 11 is 1.50. The quantitative estimate of drug-likeness (QED) is 0.609. The number of benzene rings is 1. The summed E-state index contributed by atoms with van der Waals surface area (Å²) in [6.45, 7) is 0. The summed E-state index contributed by atoms with van der Waals surface area (Å²) < 4.78 is 7.17. The third-order valence-electron chi connectivity index (χ3n) is 2.31. The zero-order valence-electron chi connectivity index (χ0n) is 9.91. The van der Waals surface area contributed by atoms with Crippen LogP contribution in [-0.2, 0) is 0 Å². The second-order valence-corrected chi connectivity index (χ2v) is 4.47. The van der Waals surface area contributed by atoms with Gasteiger partial charge >= 0.3 is 0 Å². The van der Waals surface area contributed by atoms with Gasteiger partial charge in [-0.2, -0.15) is 5.26 Å². The Morgan fingerprint density at radius 2 is 2.28 bits per heavy atom. The minimum Gasteiger partial charge on any atom is -0.495 e. The van der Waals surface area contributed by atoms with E-state index in [2.05, 4.69) is 16.3 Å². The molecule has 0 saturated carbocycles. The molecule has 0 unspecified atom stereocenters. The van der Waals surface area contributed by atoms with Crippen LogP contribution in [0.15, 0.2) is 35.7 Å². The van der Waals surface area contributed by atoms with E-state index in [4.69, 9.17) is 10.00 Å². The standard InChI is InChI=1S/C12H12N4OS/c1-17-11-6-3-2-5-10(11)16-9-14-15-12(16)18-8-4-7-13/h2-3,5-6,9H,4,8H2,1H3. The van der Waals surface area contributed by atoms with Crippen LogP contribution in [0.25, 0.3) is 5.69 Å². The maximum atomic E-state index is 8.54. The summed E-state index contributed by atoms with van der Waals surface area (Å²) in [6, 6.07) is 9.78. The van der Waals surface area contributed by atoms with Gasteiger partial charge in [0.25, 0.3) is 0 Å². The van der Waals surface area contributed by atoms with E-state index in [-0.39, 0.29) is 0 Å². The number of methoxy groups -OCH3 is 1. The first kappa shape index (κ1) is 12.5. The Kier molecular flexibility index (Phi) is 4.20. The average Bonchev–Trinajstić information content (AvgIpc) is 2.87. The summed E-state index contributed by atoms with van der Waals surface area (Å²) in [5.41, 5.74) is 0.893. The van der Waals surface area contributed by atoms with Gasteiger partial charge in [-0.05, 0) is 12.1 Å². The second kappa shape index (κ2) is 6.07. The summed E-state index contributed by atoms with van der Waals surface area (Å²) in [7, 11) is 1.63. The molecule has 0 radical (unpaired) electrons. The first-order valence-electron chi connectivity index (χ1n) is 5.40. The van der Waals surface area contributed by atoms with E-state index in [1.807, 2.05) is 28.8 Å². The lowest BCUT2D eigenvalue weighted by molar-refractivity contribution is 0.412. The fourth-order valence-corrected chi connectivity index (χ4v) is 2.27. The molecule has 1 aromatic carbocycles. The fourth-order valence-electron chi connectivity index (χ4n) is 1.50. The molecule has 1 heterocycles. The molecule has 0 spiro atoms. The van der Waals surface area contributed by atoms with E-state index in [0.29, 0.717) is 12.2 Å². The molecule has 0 saturated heterocycles. The smallest absolute Gasteiger partial charge is 0.195 e. The highest BCUT2D eigenvalue weighted by atomic mass is 32.2. The van der Waals surface area contributed by atoms with Crippen molar-refractivity contribution < 1.29 is 4.74 Å². The van der Waals surface area contributed by atoms with Crippen LogP contribution in [0.4, 0.5) is 0 Å². The van der Waals surface area contributed by atoms with E-state index in [0.717, 1.165) is 16.6 Å². The molecule has 18 heavy (non-hydrogen) atoms. The average molecular weight is 260 g/mol. The molecule has 2 rings (SSSR count). The Morgan fingerprint density at radius 3 is 3.06 bits per heavy atom. The molecule has 0 atom stereocenters. The summed E-state index contributed by atoms with van der Waals surface area (Å²) in [6.07, 6.45) is 2.13. The van der Waals surface area contributed by atoms with Gasteiger partial charge in [-0.1, -0.05) is 23.9 Å². The van der Waals surface area contributed by atoms with Gasteiger partial charge in [-0.25, -0.2) is 0 Å². The zero-order valence-corrected chi connectivity index (χ0v) is 10.7. The maximum absolute atomic E-state index is 8.54. The van der Waals surface area contributed by atoms with Gasteiger partial charge in [-0.3, -0.25) is 4.57 Å². The Hall–Kier alpha value is -2.00. The van der Waals surface area contributed by atoms with Gasteiger partial charge < -0.3 is 4.74 Å². The van der Waals surface area contributed by atoms with Crippen molar-refractivity contribution in [3.8, 4) is 17.5 Å². The van der Waals surface area contributed by atoms with E-state index < -0.39 is 0 Å². The van der Waals surface area contributed by atoms with Crippen molar-refractivity contribution >= 4 is 11.8 Å². The molecule has 0 aliphatic carbocycles. The first-order chi connectivity index (χ1) is 8.86. The minimum absolute atomic E-state index is 0.490. The van der Waals surface area contributed by atoms with Crippen molar-refractivity contribution in [3.05, 3.63) is 30.6 Å². The van der Waals surface area contributed by atoms with E-state index in [9.17, 15) is 0 Å². The number of hydrogen-bond donors (Lipinski definition) is 0. The molecule has 0 bridgehead atoms. The predicted molar refractivity (Wildman–Crippen MR) is 68.9 cm³/mol. The van der Waals surface area contributed by atoms with Crippen molar-refractivity contribution in [1.82, 2.24) is 14.8 Å². The number of nitrogens with zero attached hydrogens (tertiary/aromatic N) is 4.